The molecule has 1 fully saturated rings. The van der Waals surface area contributed by atoms with Crippen LogP contribution < -0.4 is 0 Å². The summed E-state index contributed by atoms with van der Waals surface area (Å²) < 4.78 is 9.21. The first-order valence-electron chi connectivity index (χ1n) is 20.5. The van der Waals surface area contributed by atoms with Crippen molar-refractivity contribution >= 4 is 43.9 Å². The maximum absolute atomic E-state index is 6.83. The van der Waals surface area contributed by atoms with Crippen molar-refractivity contribution in [3.8, 4) is 61.7 Å². The maximum atomic E-state index is 6.83. The van der Waals surface area contributed by atoms with Crippen LogP contribution in [-0.4, -0.2) is 14.5 Å². The van der Waals surface area contributed by atoms with Crippen LogP contribution in [0.3, 0.4) is 0 Å². The average molecular weight is 752 g/mol. The maximum Gasteiger partial charge on any atom is 0.197 e. The molecule has 3 aliphatic rings. The third-order valence-corrected chi connectivity index (χ3v) is 13.4. The lowest BCUT2D eigenvalue weighted by Gasteiger charge is -2.26. The van der Waals surface area contributed by atoms with E-state index in [2.05, 4.69) is 174 Å². The fraction of sp³-hybridized carbons (Fsp3) is 0.0545. The zero-order valence-corrected chi connectivity index (χ0v) is 31.8. The Labute approximate surface area is 339 Å². The number of para-hydroxylation sites is 1. The number of nitrogens with zero attached hydrogens (tertiary/aromatic N) is 3. The SMILES string of the molecule is c1ccc(-c2ccc(-c3nc(-n4c5ccc(-c6ccccc6)cc5c5c6c7c(cc54)-c4ccccc4C4C7[C@H]4c4ccccc4-6)c4oc5ccccc5c4n3)cc2)cc1. The van der Waals surface area contributed by atoms with E-state index in [4.69, 9.17) is 14.4 Å². The lowest BCUT2D eigenvalue weighted by atomic mass is 9.77. The topological polar surface area (TPSA) is 43.9 Å². The standard InChI is InChI=1S/C55H33N3O/c1-3-13-31(14-4-1)33-23-25-34(26-24-33)54-56-52-40-21-11-12-22-45(40)59-53(52)55(57-54)58-43-28-27-35(32-15-5-2-6-16-32)29-42(43)46-44(58)30-41-36-17-7-8-18-37(36)48-49-39-20-10-9-19-38(39)47(46)50(41)51(48)49/h1-30,48-49,51H/t48?,49-,51?/m0/s1. The number of aromatic nitrogens is 3. The Morgan fingerprint density at radius 3 is 1.83 bits per heavy atom. The molecule has 4 heteroatoms. The van der Waals surface area contributed by atoms with E-state index in [0.717, 1.165) is 44.5 Å². The predicted octanol–water partition coefficient (Wildman–Crippen LogP) is 14.1. The van der Waals surface area contributed by atoms with Gasteiger partial charge in [-0.2, -0.15) is 0 Å². The molecule has 0 aliphatic heterocycles. The van der Waals surface area contributed by atoms with E-state index in [0.29, 0.717) is 29.2 Å². The molecule has 3 aromatic heterocycles. The van der Waals surface area contributed by atoms with Crippen molar-refractivity contribution < 1.29 is 4.42 Å². The summed E-state index contributed by atoms with van der Waals surface area (Å²) in [5, 5.41) is 3.45. The molecule has 4 nitrogen and oxygen atoms in total. The van der Waals surface area contributed by atoms with Crippen LogP contribution in [0.15, 0.2) is 186 Å². The molecule has 59 heavy (non-hydrogen) atoms. The highest BCUT2D eigenvalue weighted by molar-refractivity contribution is 6.21. The van der Waals surface area contributed by atoms with Crippen LogP contribution in [-0.2, 0) is 0 Å². The first-order chi connectivity index (χ1) is 29.3. The Hall–Kier alpha value is -7.56. The van der Waals surface area contributed by atoms with Crippen molar-refractivity contribution in [2.45, 2.75) is 17.8 Å². The quantitative estimate of drug-likeness (QED) is 0.180. The van der Waals surface area contributed by atoms with Crippen LogP contribution in [0.25, 0.3) is 106 Å². The van der Waals surface area contributed by atoms with Crippen LogP contribution in [0.4, 0.5) is 0 Å². The Bertz CT molecular complexity index is 3560. The van der Waals surface area contributed by atoms with Gasteiger partial charge in [0.1, 0.15) is 11.1 Å². The fourth-order valence-electron chi connectivity index (χ4n) is 10.9. The molecular weight excluding hydrogens is 719 g/mol. The molecule has 0 spiro atoms. The van der Waals surface area contributed by atoms with Gasteiger partial charge in [-0.25, -0.2) is 9.97 Å². The normalized spacial score (nSPS) is 17.0. The van der Waals surface area contributed by atoms with Gasteiger partial charge in [-0.15, -0.1) is 0 Å². The summed E-state index contributed by atoms with van der Waals surface area (Å²) in [5.74, 6) is 2.87. The Morgan fingerprint density at radius 2 is 1.05 bits per heavy atom. The monoisotopic (exact) mass is 751 g/mol. The molecule has 0 radical (unpaired) electrons. The first kappa shape index (κ1) is 31.5. The second-order valence-corrected chi connectivity index (χ2v) is 16.4. The van der Waals surface area contributed by atoms with Crippen molar-refractivity contribution in [3.63, 3.8) is 0 Å². The van der Waals surface area contributed by atoms with Gasteiger partial charge in [-0.05, 0) is 103 Å². The molecule has 11 aromatic rings. The molecule has 2 unspecified atom stereocenters. The number of hydrogen-bond donors (Lipinski definition) is 0. The fourth-order valence-corrected chi connectivity index (χ4v) is 10.9. The largest absolute Gasteiger partial charge is 0.450 e. The predicted molar refractivity (Wildman–Crippen MR) is 239 cm³/mol. The zero-order chi connectivity index (χ0) is 38.3. The molecule has 8 aromatic carbocycles. The molecule has 0 bridgehead atoms. The second kappa shape index (κ2) is 11.5. The summed E-state index contributed by atoms with van der Waals surface area (Å²) in [6, 6.07) is 65.8. The van der Waals surface area contributed by atoms with Crippen LogP contribution >= 0.6 is 0 Å². The lowest BCUT2D eigenvalue weighted by molar-refractivity contribution is 0.662. The summed E-state index contributed by atoms with van der Waals surface area (Å²) in [4.78, 5) is 10.8. The van der Waals surface area contributed by atoms with E-state index in [9.17, 15) is 0 Å². The second-order valence-electron chi connectivity index (χ2n) is 16.4. The summed E-state index contributed by atoms with van der Waals surface area (Å²) in [6.45, 7) is 0. The third-order valence-electron chi connectivity index (χ3n) is 13.4. The minimum atomic E-state index is 0.469. The summed E-state index contributed by atoms with van der Waals surface area (Å²) in [6.07, 6.45) is 0. The average Bonchev–Trinajstić information content (AvgIpc) is 3.83. The Morgan fingerprint density at radius 1 is 0.441 bits per heavy atom. The van der Waals surface area contributed by atoms with Crippen LogP contribution in [0.5, 0.6) is 0 Å². The van der Waals surface area contributed by atoms with Gasteiger partial charge >= 0.3 is 0 Å². The third kappa shape index (κ3) is 4.27. The van der Waals surface area contributed by atoms with Gasteiger partial charge in [0.25, 0.3) is 0 Å². The van der Waals surface area contributed by atoms with E-state index in [-0.39, 0.29) is 0 Å². The van der Waals surface area contributed by atoms with Crippen molar-refractivity contribution in [2.75, 3.05) is 0 Å². The van der Waals surface area contributed by atoms with Gasteiger partial charge in [0.15, 0.2) is 17.2 Å². The van der Waals surface area contributed by atoms with Gasteiger partial charge < -0.3 is 4.42 Å². The molecule has 0 saturated heterocycles. The number of hydrogen-bond acceptors (Lipinski definition) is 3. The Balaban J connectivity index is 1.13. The van der Waals surface area contributed by atoms with Gasteiger partial charge in [-0.3, -0.25) is 4.57 Å². The molecule has 274 valence electrons. The molecule has 1 saturated carbocycles. The highest BCUT2D eigenvalue weighted by Crippen LogP contribution is 2.76. The van der Waals surface area contributed by atoms with Gasteiger partial charge in [0, 0.05) is 27.6 Å². The highest BCUT2D eigenvalue weighted by Gasteiger charge is 2.60. The van der Waals surface area contributed by atoms with Crippen molar-refractivity contribution in [1.82, 2.24) is 14.5 Å². The van der Waals surface area contributed by atoms with E-state index in [1.165, 1.54) is 66.4 Å². The minimum absolute atomic E-state index is 0.469. The summed E-state index contributed by atoms with van der Waals surface area (Å²) in [7, 11) is 0. The molecule has 0 N–H and O–H groups in total. The van der Waals surface area contributed by atoms with Crippen molar-refractivity contribution in [1.29, 1.82) is 0 Å². The number of rotatable bonds is 4. The van der Waals surface area contributed by atoms with E-state index >= 15 is 0 Å². The van der Waals surface area contributed by atoms with E-state index in [1.807, 2.05) is 12.1 Å². The molecule has 3 atom stereocenters. The smallest absolute Gasteiger partial charge is 0.197 e. The molecule has 0 amide bonds. The lowest BCUT2D eigenvalue weighted by Crippen LogP contribution is -2.06. The first-order valence-corrected chi connectivity index (χ1v) is 20.5. The zero-order valence-electron chi connectivity index (χ0n) is 31.8. The highest BCUT2D eigenvalue weighted by atomic mass is 16.3. The number of fused-ring (bicyclic) bond motifs is 14. The number of furan rings is 1. The molecule has 14 rings (SSSR count). The minimum Gasteiger partial charge on any atom is -0.450 e. The van der Waals surface area contributed by atoms with Crippen LogP contribution in [0.1, 0.15) is 34.4 Å². The summed E-state index contributed by atoms with van der Waals surface area (Å²) in [5.41, 5.74) is 20.0. The Kier molecular flexibility index (Phi) is 6.16. The molecule has 3 heterocycles. The van der Waals surface area contributed by atoms with Crippen molar-refractivity contribution in [2.24, 2.45) is 0 Å². The van der Waals surface area contributed by atoms with Crippen LogP contribution in [0, 0.1) is 0 Å². The summed E-state index contributed by atoms with van der Waals surface area (Å²) >= 11 is 0. The van der Waals surface area contributed by atoms with Gasteiger partial charge in [-0.1, -0.05) is 152 Å². The molecule has 3 aliphatic carbocycles. The number of benzene rings is 8. The van der Waals surface area contributed by atoms with E-state index < -0.39 is 0 Å². The van der Waals surface area contributed by atoms with E-state index in [1.54, 1.807) is 0 Å². The molecular formula is C55H33N3O. The van der Waals surface area contributed by atoms with Crippen LogP contribution in [0.2, 0.25) is 0 Å². The van der Waals surface area contributed by atoms with Gasteiger partial charge in [0.2, 0.25) is 0 Å². The van der Waals surface area contributed by atoms with Crippen molar-refractivity contribution in [3.05, 3.63) is 199 Å². The van der Waals surface area contributed by atoms with Gasteiger partial charge in [0.05, 0.1) is 11.0 Å².